The summed E-state index contributed by atoms with van der Waals surface area (Å²) in [6.07, 6.45) is 0.374. The summed E-state index contributed by atoms with van der Waals surface area (Å²) in [5.74, 6) is -0.286. The molecule has 112 valence electrons. The van der Waals surface area contributed by atoms with Gasteiger partial charge in [0, 0.05) is 18.2 Å². The summed E-state index contributed by atoms with van der Waals surface area (Å²) >= 11 is 5.79. The number of likely N-dealkylation sites (N-methyl/N-ethyl adjacent to an activating group) is 1. The second-order valence-electron chi connectivity index (χ2n) is 4.90. The van der Waals surface area contributed by atoms with Crippen LogP contribution in [-0.2, 0) is 11.2 Å². The summed E-state index contributed by atoms with van der Waals surface area (Å²) in [6.45, 7) is 0. The van der Waals surface area contributed by atoms with Crippen LogP contribution in [0.5, 0.6) is 0 Å². The molecule has 0 bridgehead atoms. The van der Waals surface area contributed by atoms with Crippen LogP contribution in [0.2, 0.25) is 5.02 Å². The molecule has 2 atom stereocenters. The first-order valence-corrected chi connectivity index (χ1v) is 7.22. The fourth-order valence-corrected chi connectivity index (χ4v) is 2.62. The van der Waals surface area contributed by atoms with Crippen LogP contribution >= 0.6 is 11.6 Å². The van der Waals surface area contributed by atoms with Crippen molar-refractivity contribution in [3.8, 4) is 0 Å². The van der Waals surface area contributed by atoms with Gasteiger partial charge >= 0.3 is 0 Å². The maximum absolute atomic E-state index is 14.0. The average Bonchev–Trinajstić information content (AvgIpc) is 2.50. The van der Waals surface area contributed by atoms with Crippen LogP contribution in [0.4, 0.5) is 4.39 Å². The van der Waals surface area contributed by atoms with Gasteiger partial charge in [0.2, 0.25) is 0 Å². The summed E-state index contributed by atoms with van der Waals surface area (Å²) in [7, 11) is 3.52. The third-order valence-electron chi connectivity index (χ3n) is 3.57. The van der Waals surface area contributed by atoms with Gasteiger partial charge in [-0.3, -0.25) is 0 Å². The van der Waals surface area contributed by atoms with E-state index in [1.807, 2.05) is 37.4 Å². The Morgan fingerprint density at radius 1 is 1.19 bits per heavy atom. The number of hydrogen-bond donors (Lipinski definition) is 1. The standard InChI is InChI=1S/C17H19ClFNO/c1-20-16(10-13-8-9-14(18)11-15(13)19)17(21-2)12-6-4-3-5-7-12/h3-9,11,16-17,20H,10H2,1-2H3. The van der Waals surface area contributed by atoms with Crippen molar-refractivity contribution in [2.24, 2.45) is 0 Å². The monoisotopic (exact) mass is 307 g/mol. The molecule has 0 amide bonds. The van der Waals surface area contributed by atoms with Crippen LogP contribution in [0, 0.1) is 5.82 Å². The van der Waals surface area contributed by atoms with Crippen molar-refractivity contribution in [1.82, 2.24) is 5.32 Å². The highest BCUT2D eigenvalue weighted by Crippen LogP contribution is 2.24. The zero-order valence-electron chi connectivity index (χ0n) is 12.1. The Hall–Kier alpha value is -1.42. The molecule has 2 rings (SSSR count). The Kier molecular flexibility index (Phi) is 5.74. The summed E-state index contributed by atoms with van der Waals surface area (Å²) < 4.78 is 19.6. The zero-order chi connectivity index (χ0) is 15.2. The van der Waals surface area contributed by atoms with E-state index in [4.69, 9.17) is 16.3 Å². The van der Waals surface area contributed by atoms with Gasteiger partial charge in [-0.05, 0) is 36.7 Å². The molecule has 0 aliphatic heterocycles. The normalized spacial score (nSPS) is 13.9. The lowest BCUT2D eigenvalue weighted by Gasteiger charge is -2.26. The molecule has 2 aromatic rings. The third kappa shape index (κ3) is 4.03. The van der Waals surface area contributed by atoms with Crippen LogP contribution in [0.15, 0.2) is 48.5 Å². The number of benzene rings is 2. The number of rotatable bonds is 6. The molecule has 0 radical (unpaired) electrons. The molecule has 0 saturated heterocycles. The van der Waals surface area contributed by atoms with Crippen molar-refractivity contribution in [2.45, 2.75) is 18.6 Å². The van der Waals surface area contributed by atoms with Gasteiger partial charge in [-0.1, -0.05) is 48.0 Å². The first-order valence-electron chi connectivity index (χ1n) is 6.84. The van der Waals surface area contributed by atoms with Crippen LogP contribution in [0.25, 0.3) is 0 Å². The molecule has 0 fully saturated rings. The van der Waals surface area contributed by atoms with Crippen molar-refractivity contribution in [3.63, 3.8) is 0 Å². The molecular formula is C17H19ClFNO. The zero-order valence-corrected chi connectivity index (χ0v) is 12.9. The molecule has 1 N–H and O–H groups in total. The molecule has 4 heteroatoms. The van der Waals surface area contributed by atoms with Gasteiger partial charge in [0.05, 0.1) is 6.10 Å². The molecule has 0 aromatic heterocycles. The topological polar surface area (TPSA) is 21.3 Å². The predicted octanol–water partition coefficient (Wildman–Crippen LogP) is 4.00. The van der Waals surface area contributed by atoms with Crippen molar-refractivity contribution in [3.05, 3.63) is 70.5 Å². The number of hydrogen-bond acceptors (Lipinski definition) is 2. The Bertz CT molecular complexity index is 576. The number of ether oxygens (including phenoxy) is 1. The Balaban J connectivity index is 2.22. The Morgan fingerprint density at radius 2 is 1.90 bits per heavy atom. The van der Waals surface area contributed by atoms with Gasteiger partial charge in [0.1, 0.15) is 5.82 Å². The summed E-state index contributed by atoms with van der Waals surface area (Å²) in [5.41, 5.74) is 1.69. The van der Waals surface area contributed by atoms with Gasteiger partial charge in [0.25, 0.3) is 0 Å². The lowest BCUT2D eigenvalue weighted by Crippen LogP contribution is -2.35. The maximum atomic E-state index is 14.0. The number of methoxy groups -OCH3 is 1. The van der Waals surface area contributed by atoms with E-state index in [-0.39, 0.29) is 18.0 Å². The van der Waals surface area contributed by atoms with E-state index < -0.39 is 0 Å². The molecule has 2 aromatic carbocycles. The van der Waals surface area contributed by atoms with E-state index in [0.29, 0.717) is 17.0 Å². The fourth-order valence-electron chi connectivity index (χ4n) is 2.46. The van der Waals surface area contributed by atoms with Crippen molar-refractivity contribution in [2.75, 3.05) is 14.2 Å². The fraction of sp³-hybridized carbons (Fsp3) is 0.294. The summed E-state index contributed by atoms with van der Waals surface area (Å²) in [6, 6.07) is 14.7. The number of nitrogens with one attached hydrogen (secondary N) is 1. The SMILES string of the molecule is CNC(Cc1ccc(Cl)cc1F)C(OC)c1ccccc1. The maximum Gasteiger partial charge on any atom is 0.127 e. The third-order valence-corrected chi connectivity index (χ3v) is 3.81. The van der Waals surface area contributed by atoms with Gasteiger partial charge in [-0.25, -0.2) is 4.39 Å². The summed E-state index contributed by atoms with van der Waals surface area (Å²) in [5, 5.41) is 3.62. The van der Waals surface area contributed by atoms with E-state index in [1.165, 1.54) is 6.07 Å². The van der Waals surface area contributed by atoms with Crippen LogP contribution in [-0.4, -0.2) is 20.2 Å². The highest BCUT2D eigenvalue weighted by molar-refractivity contribution is 6.30. The molecule has 0 spiro atoms. The van der Waals surface area contributed by atoms with Gasteiger partial charge in [0.15, 0.2) is 0 Å². The van der Waals surface area contributed by atoms with Crippen molar-refractivity contribution in [1.29, 1.82) is 0 Å². The lowest BCUT2D eigenvalue weighted by atomic mass is 9.96. The van der Waals surface area contributed by atoms with Crippen LogP contribution in [0.3, 0.4) is 0 Å². The minimum Gasteiger partial charge on any atom is -0.375 e. The summed E-state index contributed by atoms with van der Waals surface area (Å²) in [4.78, 5) is 0. The second kappa shape index (κ2) is 7.55. The quantitative estimate of drug-likeness (QED) is 0.871. The van der Waals surface area contributed by atoms with E-state index in [9.17, 15) is 4.39 Å². The Morgan fingerprint density at radius 3 is 2.48 bits per heavy atom. The second-order valence-corrected chi connectivity index (χ2v) is 5.34. The average molecular weight is 308 g/mol. The van der Waals surface area contributed by atoms with Gasteiger partial charge in [-0.2, -0.15) is 0 Å². The molecule has 0 aliphatic carbocycles. The largest absolute Gasteiger partial charge is 0.375 e. The minimum atomic E-state index is -0.286. The highest BCUT2D eigenvalue weighted by Gasteiger charge is 2.23. The first-order chi connectivity index (χ1) is 10.2. The van der Waals surface area contributed by atoms with Gasteiger partial charge < -0.3 is 10.1 Å². The van der Waals surface area contributed by atoms with Crippen LogP contribution < -0.4 is 5.32 Å². The lowest BCUT2D eigenvalue weighted by molar-refractivity contribution is 0.0701. The molecule has 2 unspecified atom stereocenters. The highest BCUT2D eigenvalue weighted by atomic mass is 35.5. The van der Waals surface area contributed by atoms with Crippen molar-refractivity contribution < 1.29 is 9.13 Å². The van der Waals surface area contributed by atoms with E-state index in [0.717, 1.165) is 5.56 Å². The molecule has 0 aliphatic rings. The Labute approximate surface area is 129 Å². The van der Waals surface area contributed by atoms with Crippen LogP contribution in [0.1, 0.15) is 17.2 Å². The molecular weight excluding hydrogens is 289 g/mol. The molecule has 0 heterocycles. The molecule has 0 saturated carbocycles. The van der Waals surface area contributed by atoms with Crippen molar-refractivity contribution >= 4 is 11.6 Å². The smallest absolute Gasteiger partial charge is 0.127 e. The molecule has 2 nitrogen and oxygen atoms in total. The predicted molar refractivity (Wildman–Crippen MR) is 84.2 cm³/mol. The number of halogens is 2. The first kappa shape index (κ1) is 16.0. The van der Waals surface area contributed by atoms with E-state index >= 15 is 0 Å². The van der Waals surface area contributed by atoms with E-state index in [2.05, 4.69) is 5.32 Å². The minimum absolute atomic E-state index is 0.0342. The van der Waals surface area contributed by atoms with E-state index in [1.54, 1.807) is 19.2 Å². The molecule has 21 heavy (non-hydrogen) atoms. The van der Waals surface area contributed by atoms with Gasteiger partial charge in [-0.15, -0.1) is 0 Å².